The summed E-state index contributed by atoms with van der Waals surface area (Å²) in [7, 11) is 0. The van der Waals surface area contributed by atoms with Crippen LogP contribution in [0.15, 0.2) is 18.2 Å². The molecule has 0 saturated heterocycles. The van der Waals surface area contributed by atoms with Crippen molar-refractivity contribution in [1.82, 2.24) is 15.2 Å². The van der Waals surface area contributed by atoms with Crippen LogP contribution in [0.4, 0.5) is 5.82 Å². The van der Waals surface area contributed by atoms with E-state index in [1.165, 1.54) is 0 Å². The Morgan fingerprint density at radius 2 is 2.25 bits per heavy atom. The predicted molar refractivity (Wildman–Crippen MR) is 61.8 cm³/mol. The number of carbonyl (C=O) groups excluding carboxylic acids is 1. The van der Waals surface area contributed by atoms with Crippen molar-refractivity contribution in [2.75, 3.05) is 5.32 Å². The minimum atomic E-state index is -0.359. The third-order valence-electron chi connectivity index (χ3n) is 1.72. The number of carbonyl (C=O) groups is 1. The van der Waals surface area contributed by atoms with Crippen LogP contribution >= 0.6 is 22.9 Å². The lowest BCUT2D eigenvalue weighted by molar-refractivity contribution is 0.102. The first-order valence-electron chi connectivity index (χ1n) is 4.39. The molecule has 0 aliphatic rings. The highest BCUT2D eigenvalue weighted by atomic mass is 35.5. The molecule has 0 saturated carbocycles. The number of aromatic nitrogens is 3. The SMILES string of the molecule is Cc1cccc(NC(=O)c2nnc(Cl)s2)n1. The maximum Gasteiger partial charge on any atom is 0.287 e. The second-order valence-corrected chi connectivity index (χ2v) is 4.54. The molecular formula is C9H7ClN4OS. The largest absolute Gasteiger partial charge is 0.304 e. The summed E-state index contributed by atoms with van der Waals surface area (Å²) in [5, 5.41) is 10.0. The van der Waals surface area contributed by atoms with E-state index in [1.807, 2.05) is 19.1 Å². The van der Waals surface area contributed by atoms with E-state index in [1.54, 1.807) is 6.07 Å². The lowest BCUT2D eigenvalue weighted by atomic mass is 10.4. The molecule has 1 amide bonds. The van der Waals surface area contributed by atoms with E-state index in [9.17, 15) is 4.79 Å². The van der Waals surface area contributed by atoms with Crippen LogP contribution in [-0.2, 0) is 0 Å². The first kappa shape index (κ1) is 11.0. The van der Waals surface area contributed by atoms with Crippen LogP contribution < -0.4 is 5.32 Å². The number of halogens is 1. The predicted octanol–water partition coefficient (Wildman–Crippen LogP) is 2.15. The number of hydrogen-bond donors (Lipinski definition) is 1. The monoisotopic (exact) mass is 254 g/mol. The van der Waals surface area contributed by atoms with Gasteiger partial charge in [0.05, 0.1) is 0 Å². The Hall–Kier alpha value is -1.53. The summed E-state index contributed by atoms with van der Waals surface area (Å²) in [5.41, 5.74) is 0.827. The van der Waals surface area contributed by atoms with Crippen LogP contribution in [0.1, 0.15) is 15.5 Å². The molecule has 2 aromatic rings. The molecule has 5 nitrogen and oxygen atoms in total. The third-order valence-corrected chi connectivity index (χ3v) is 2.74. The number of pyridine rings is 1. The fourth-order valence-corrected chi connectivity index (χ4v) is 1.80. The quantitative estimate of drug-likeness (QED) is 0.892. The zero-order valence-electron chi connectivity index (χ0n) is 8.27. The Kier molecular flexibility index (Phi) is 3.12. The van der Waals surface area contributed by atoms with Crippen molar-refractivity contribution in [3.05, 3.63) is 33.4 Å². The molecule has 16 heavy (non-hydrogen) atoms. The van der Waals surface area contributed by atoms with Gasteiger partial charge in [0.2, 0.25) is 9.47 Å². The van der Waals surface area contributed by atoms with Crippen LogP contribution in [0, 0.1) is 6.92 Å². The summed E-state index contributed by atoms with van der Waals surface area (Å²) in [6.45, 7) is 1.84. The molecule has 1 N–H and O–H groups in total. The van der Waals surface area contributed by atoms with E-state index in [4.69, 9.17) is 11.6 Å². The molecule has 0 fully saturated rings. The van der Waals surface area contributed by atoms with E-state index in [0.717, 1.165) is 17.0 Å². The van der Waals surface area contributed by atoms with Gasteiger partial charge in [0.15, 0.2) is 0 Å². The molecule has 2 heterocycles. The standard InChI is InChI=1S/C9H7ClN4OS/c1-5-3-2-4-6(11-5)12-7(15)8-13-14-9(10)16-8/h2-4H,1H3,(H,11,12,15). The second kappa shape index (κ2) is 4.54. The molecule has 2 aromatic heterocycles. The molecule has 0 spiro atoms. The van der Waals surface area contributed by atoms with Crippen LogP contribution in [0.25, 0.3) is 0 Å². The second-order valence-electron chi connectivity index (χ2n) is 2.98. The lowest BCUT2D eigenvalue weighted by Gasteiger charge is -2.01. The van der Waals surface area contributed by atoms with Crippen molar-refractivity contribution >= 4 is 34.7 Å². The Bertz CT molecular complexity index is 528. The molecule has 0 aliphatic carbocycles. The van der Waals surface area contributed by atoms with Gasteiger partial charge in [-0.15, -0.1) is 10.2 Å². The van der Waals surface area contributed by atoms with Gasteiger partial charge in [-0.25, -0.2) is 4.98 Å². The van der Waals surface area contributed by atoms with Gasteiger partial charge in [0, 0.05) is 5.69 Å². The molecule has 0 radical (unpaired) electrons. The van der Waals surface area contributed by atoms with Crippen molar-refractivity contribution < 1.29 is 4.79 Å². The number of anilines is 1. The van der Waals surface area contributed by atoms with Crippen LogP contribution in [0.2, 0.25) is 4.47 Å². The number of amides is 1. The summed E-state index contributed by atoms with van der Waals surface area (Å²) in [4.78, 5) is 15.8. The summed E-state index contributed by atoms with van der Waals surface area (Å²) >= 11 is 6.60. The lowest BCUT2D eigenvalue weighted by Crippen LogP contribution is -2.12. The zero-order valence-corrected chi connectivity index (χ0v) is 9.84. The number of aryl methyl sites for hydroxylation is 1. The van der Waals surface area contributed by atoms with Crippen molar-refractivity contribution in [2.45, 2.75) is 6.92 Å². The Labute approximate surface area is 101 Å². The van der Waals surface area contributed by atoms with Crippen molar-refractivity contribution in [2.24, 2.45) is 0 Å². The van der Waals surface area contributed by atoms with E-state index in [0.29, 0.717) is 5.82 Å². The normalized spacial score (nSPS) is 10.1. The molecule has 0 atom stereocenters. The Morgan fingerprint density at radius 3 is 2.88 bits per heavy atom. The van der Waals surface area contributed by atoms with Crippen molar-refractivity contribution in [3.8, 4) is 0 Å². The molecule has 0 bridgehead atoms. The summed E-state index contributed by atoms with van der Waals surface area (Å²) in [6.07, 6.45) is 0. The first-order valence-corrected chi connectivity index (χ1v) is 5.58. The maximum absolute atomic E-state index is 11.6. The Morgan fingerprint density at radius 1 is 1.44 bits per heavy atom. The third kappa shape index (κ3) is 2.53. The summed E-state index contributed by atoms with van der Waals surface area (Å²) in [5.74, 6) is 0.124. The highest BCUT2D eigenvalue weighted by Gasteiger charge is 2.12. The van der Waals surface area contributed by atoms with Gasteiger partial charge in [-0.05, 0) is 30.7 Å². The average Bonchev–Trinajstić information content (AvgIpc) is 2.65. The molecule has 0 aliphatic heterocycles. The highest BCUT2D eigenvalue weighted by molar-refractivity contribution is 7.17. The van der Waals surface area contributed by atoms with Gasteiger partial charge in [0.1, 0.15) is 5.82 Å². The van der Waals surface area contributed by atoms with Crippen LogP contribution in [0.3, 0.4) is 0 Å². The number of nitrogens with zero attached hydrogens (tertiary/aromatic N) is 3. The summed E-state index contributed by atoms with van der Waals surface area (Å²) < 4.78 is 0.238. The molecule has 0 aromatic carbocycles. The van der Waals surface area contributed by atoms with E-state index in [-0.39, 0.29) is 15.4 Å². The van der Waals surface area contributed by atoms with Crippen LogP contribution in [-0.4, -0.2) is 21.1 Å². The zero-order chi connectivity index (χ0) is 11.5. The van der Waals surface area contributed by atoms with Gasteiger partial charge < -0.3 is 5.32 Å². The van der Waals surface area contributed by atoms with Crippen molar-refractivity contribution in [1.29, 1.82) is 0 Å². The molecule has 2 rings (SSSR count). The van der Waals surface area contributed by atoms with Gasteiger partial charge in [0.25, 0.3) is 5.91 Å². The van der Waals surface area contributed by atoms with Gasteiger partial charge in [-0.1, -0.05) is 17.4 Å². The molecular weight excluding hydrogens is 248 g/mol. The maximum atomic E-state index is 11.6. The first-order chi connectivity index (χ1) is 7.65. The summed E-state index contributed by atoms with van der Waals surface area (Å²) in [6, 6.07) is 5.36. The average molecular weight is 255 g/mol. The van der Waals surface area contributed by atoms with Gasteiger partial charge in [-0.2, -0.15) is 0 Å². The topological polar surface area (TPSA) is 67.8 Å². The van der Waals surface area contributed by atoms with E-state index in [2.05, 4.69) is 20.5 Å². The van der Waals surface area contributed by atoms with Gasteiger partial charge >= 0.3 is 0 Å². The van der Waals surface area contributed by atoms with Crippen LogP contribution in [0.5, 0.6) is 0 Å². The number of nitrogens with one attached hydrogen (secondary N) is 1. The molecule has 82 valence electrons. The van der Waals surface area contributed by atoms with Gasteiger partial charge in [-0.3, -0.25) is 4.79 Å². The molecule has 7 heteroatoms. The molecule has 0 unspecified atom stereocenters. The number of hydrogen-bond acceptors (Lipinski definition) is 5. The van der Waals surface area contributed by atoms with Crippen molar-refractivity contribution in [3.63, 3.8) is 0 Å². The fraction of sp³-hybridized carbons (Fsp3) is 0.111. The minimum Gasteiger partial charge on any atom is -0.304 e. The Balaban J connectivity index is 2.13. The minimum absolute atomic E-state index is 0.216. The number of rotatable bonds is 2. The highest BCUT2D eigenvalue weighted by Crippen LogP contribution is 2.16. The van der Waals surface area contributed by atoms with E-state index < -0.39 is 0 Å². The fourth-order valence-electron chi connectivity index (χ4n) is 1.08. The smallest absolute Gasteiger partial charge is 0.287 e. The van der Waals surface area contributed by atoms with E-state index >= 15 is 0 Å².